The molecule has 0 saturated carbocycles. The van der Waals surface area contributed by atoms with E-state index in [2.05, 4.69) is 0 Å². The summed E-state index contributed by atoms with van der Waals surface area (Å²) >= 11 is 0. The van der Waals surface area contributed by atoms with Crippen LogP contribution in [0.15, 0.2) is 0 Å². The van der Waals surface area contributed by atoms with E-state index in [-0.39, 0.29) is 6.54 Å². The lowest BCUT2D eigenvalue weighted by molar-refractivity contribution is 0.439. The van der Waals surface area contributed by atoms with Crippen LogP contribution < -0.4 is 0 Å². The summed E-state index contributed by atoms with van der Waals surface area (Å²) in [6, 6.07) is 1.75. The van der Waals surface area contributed by atoms with E-state index in [1.807, 2.05) is 0 Å². The largest absolute Gasteiger partial charge is 0.282 e. The summed E-state index contributed by atoms with van der Waals surface area (Å²) in [4.78, 5) is 0. The van der Waals surface area contributed by atoms with Crippen molar-refractivity contribution >= 4 is 10.2 Å². The number of nitriles is 1. The molecule has 0 aliphatic rings. The number of nitrogens with zero attached hydrogens (tertiary/aromatic N) is 3. The van der Waals surface area contributed by atoms with E-state index in [1.54, 1.807) is 6.07 Å². The summed E-state index contributed by atoms with van der Waals surface area (Å²) in [5, 5.41) is 8.21. The lowest BCUT2D eigenvalue weighted by Gasteiger charge is -2.18. The van der Waals surface area contributed by atoms with Gasteiger partial charge >= 0.3 is 0 Å². The van der Waals surface area contributed by atoms with Crippen LogP contribution in [0.3, 0.4) is 0 Å². The monoisotopic (exact) mass is 177 g/mol. The molecule has 0 aliphatic heterocycles. The van der Waals surface area contributed by atoms with Gasteiger partial charge in [-0.05, 0) is 0 Å². The molecule has 0 N–H and O–H groups in total. The maximum Gasteiger partial charge on any atom is 0.282 e. The van der Waals surface area contributed by atoms with Crippen molar-refractivity contribution in [3.8, 4) is 6.07 Å². The van der Waals surface area contributed by atoms with Crippen LogP contribution >= 0.6 is 0 Å². The minimum atomic E-state index is -3.39. The van der Waals surface area contributed by atoms with Crippen molar-refractivity contribution in [3.05, 3.63) is 0 Å². The smallest absolute Gasteiger partial charge is 0.197 e. The Morgan fingerprint density at radius 2 is 1.82 bits per heavy atom. The molecule has 0 amide bonds. The SMILES string of the molecule is CN(C)S(=O)(=O)N(C)CC#N. The average molecular weight is 177 g/mol. The second-order valence-corrected chi connectivity index (χ2v) is 4.45. The van der Waals surface area contributed by atoms with Gasteiger partial charge in [-0.25, -0.2) is 0 Å². The maximum atomic E-state index is 11.1. The molecule has 6 heteroatoms. The molecule has 0 bridgehead atoms. The summed E-state index contributed by atoms with van der Waals surface area (Å²) in [5.41, 5.74) is 0. The van der Waals surface area contributed by atoms with Gasteiger partial charge in [0, 0.05) is 21.1 Å². The van der Waals surface area contributed by atoms with Gasteiger partial charge in [-0.15, -0.1) is 0 Å². The summed E-state index contributed by atoms with van der Waals surface area (Å²) < 4.78 is 24.3. The average Bonchev–Trinajstić information content (AvgIpc) is 1.88. The van der Waals surface area contributed by atoms with Crippen molar-refractivity contribution < 1.29 is 8.42 Å². The Balaban J connectivity index is 4.47. The number of hydrogen-bond acceptors (Lipinski definition) is 3. The Morgan fingerprint density at radius 3 is 2.09 bits per heavy atom. The van der Waals surface area contributed by atoms with Crippen molar-refractivity contribution in [1.82, 2.24) is 8.61 Å². The predicted octanol–water partition coefficient (Wildman–Crippen LogP) is -0.752. The lowest BCUT2D eigenvalue weighted by atomic mass is 10.7. The second-order valence-electron chi connectivity index (χ2n) is 2.20. The van der Waals surface area contributed by atoms with Crippen molar-refractivity contribution in [2.24, 2.45) is 0 Å². The molecule has 0 rings (SSSR count). The van der Waals surface area contributed by atoms with E-state index in [1.165, 1.54) is 21.1 Å². The molecule has 0 saturated heterocycles. The number of rotatable bonds is 3. The highest BCUT2D eigenvalue weighted by Crippen LogP contribution is 1.98. The molecule has 0 heterocycles. The fourth-order valence-corrected chi connectivity index (χ4v) is 1.24. The first-order valence-electron chi connectivity index (χ1n) is 2.93. The molecule has 64 valence electrons. The highest BCUT2D eigenvalue weighted by Gasteiger charge is 2.19. The van der Waals surface area contributed by atoms with Gasteiger partial charge < -0.3 is 0 Å². The van der Waals surface area contributed by atoms with Crippen molar-refractivity contribution in [3.63, 3.8) is 0 Å². The molecule has 0 spiro atoms. The van der Waals surface area contributed by atoms with Crippen molar-refractivity contribution in [1.29, 1.82) is 5.26 Å². The second kappa shape index (κ2) is 3.67. The van der Waals surface area contributed by atoms with E-state index in [9.17, 15) is 8.42 Å². The van der Waals surface area contributed by atoms with E-state index in [4.69, 9.17) is 5.26 Å². The molecule has 11 heavy (non-hydrogen) atoms. The zero-order chi connectivity index (χ0) is 9.07. The molecule has 5 nitrogen and oxygen atoms in total. The van der Waals surface area contributed by atoms with Crippen molar-refractivity contribution in [2.45, 2.75) is 0 Å². The standard InChI is InChI=1S/C5H11N3O2S/c1-7(2)11(9,10)8(3)5-4-6/h5H2,1-3H3. The van der Waals surface area contributed by atoms with Gasteiger partial charge in [0.15, 0.2) is 0 Å². The highest BCUT2D eigenvalue weighted by atomic mass is 32.2. The van der Waals surface area contributed by atoms with Crippen molar-refractivity contribution in [2.75, 3.05) is 27.7 Å². The predicted molar refractivity (Wildman–Crippen MR) is 40.8 cm³/mol. The summed E-state index contributed by atoms with van der Waals surface area (Å²) in [6.07, 6.45) is 0. The Morgan fingerprint density at radius 1 is 1.36 bits per heavy atom. The third-order valence-corrected chi connectivity index (χ3v) is 2.99. The fraction of sp³-hybridized carbons (Fsp3) is 0.800. The van der Waals surface area contributed by atoms with E-state index in [0.717, 1.165) is 8.61 Å². The third kappa shape index (κ3) is 2.46. The first-order chi connectivity index (χ1) is 4.92. The topological polar surface area (TPSA) is 64.4 Å². The van der Waals surface area contributed by atoms with Gasteiger partial charge in [0.25, 0.3) is 10.2 Å². The van der Waals surface area contributed by atoms with Crippen LogP contribution in [0.25, 0.3) is 0 Å². The van der Waals surface area contributed by atoms with Crippen LogP contribution in [0.2, 0.25) is 0 Å². The first-order valence-corrected chi connectivity index (χ1v) is 4.33. The van der Waals surface area contributed by atoms with Crippen LogP contribution in [0.4, 0.5) is 0 Å². The van der Waals surface area contributed by atoms with Gasteiger partial charge in [-0.1, -0.05) is 0 Å². The van der Waals surface area contributed by atoms with Gasteiger partial charge in [0.1, 0.15) is 6.54 Å². The molecule has 0 radical (unpaired) electrons. The Labute approximate surface area is 67.0 Å². The molecule has 0 aliphatic carbocycles. The highest BCUT2D eigenvalue weighted by molar-refractivity contribution is 7.86. The number of hydrogen-bond donors (Lipinski definition) is 0. The normalized spacial score (nSPS) is 12.0. The molecule has 0 aromatic carbocycles. The summed E-state index contributed by atoms with van der Waals surface area (Å²) in [7, 11) is 0.804. The van der Waals surface area contributed by atoms with Gasteiger partial charge in [-0.2, -0.15) is 22.3 Å². The van der Waals surface area contributed by atoms with Crippen LogP contribution in [0.5, 0.6) is 0 Å². The quantitative estimate of drug-likeness (QED) is 0.533. The summed E-state index contributed by atoms with van der Waals surface area (Å²) in [5.74, 6) is 0. The summed E-state index contributed by atoms with van der Waals surface area (Å²) in [6.45, 7) is -0.124. The fourth-order valence-electron chi connectivity index (χ4n) is 0.460. The van der Waals surface area contributed by atoms with Crippen LogP contribution in [0.1, 0.15) is 0 Å². The Hall–Kier alpha value is -0.640. The molecule has 0 aromatic heterocycles. The Bertz CT molecular complexity index is 251. The Kier molecular flexibility index (Phi) is 3.45. The maximum absolute atomic E-state index is 11.1. The molecular formula is C5H11N3O2S. The minimum absolute atomic E-state index is 0.124. The molecular weight excluding hydrogens is 166 g/mol. The first kappa shape index (κ1) is 10.4. The van der Waals surface area contributed by atoms with Gasteiger partial charge in [-0.3, -0.25) is 0 Å². The molecule has 0 fully saturated rings. The van der Waals surface area contributed by atoms with Crippen LogP contribution in [0, 0.1) is 11.3 Å². The van der Waals surface area contributed by atoms with Crippen LogP contribution in [-0.2, 0) is 10.2 Å². The molecule has 0 atom stereocenters. The van der Waals surface area contributed by atoms with E-state index in [0.29, 0.717) is 0 Å². The molecule has 0 aromatic rings. The van der Waals surface area contributed by atoms with E-state index < -0.39 is 10.2 Å². The van der Waals surface area contributed by atoms with Crippen LogP contribution in [-0.4, -0.2) is 44.7 Å². The van der Waals surface area contributed by atoms with Gasteiger partial charge in [0.05, 0.1) is 6.07 Å². The lowest BCUT2D eigenvalue weighted by Crippen LogP contribution is -2.37. The molecule has 0 unspecified atom stereocenters. The minimum Gasteiger partial charge on any atom is -0.197 e. The van der Waals surface area contributed by atoms with E-state index >= 15 is 0 Å². The van der Waals surface area contributed by atoms with Gasteiger partial charge in [0.2, 0.25) is 0 Å². The third-order valence-electron chi connectivity index (χ3n) is 1.15. The zero-order valence-corrected chi connectivity index (χ0v) is 7.59. The zero-order valence-electron chi connectivity index (χ0n) is 6.77.